The van der Waals surface area contributed by atoms with Crippen LogP contribution < -0.4 is 11.1 Å². The van der Waals surface area contributed by atoms with Gasteiger partial charge in [0.25, 0.3) is 0 Å². The summed E-state index contributed by atoms with van der Waals surface area (Å²) in [6.07, 6.45) is 6.81. The van der Waals surface area contributed by atoms with Crippen LogP contribution in [0.25, 0.3) is 5.69 Å². The molecule has 0 radical (unpaired) electrons. The monoisotopic (exact) mass is 395 g/mol. The van der Waals surface area contributed by atoms with E-state index in [0.717, 1.165) is 24.1 Å². The topological polar surface area (TPSA) is 102 Å². The number of imidazole rings is 1. The van der Waals surface area contributed by atoms with E-state index in [1.807, 2.05) is 35.0 Å². The number of carbonyl (C=O) groups excluding carboxylic acids is 2. The number of rotatable bonds is 6. The molecule has 2 amide bonds. The van der Waals surface area contributed by atoms with Crippen LogP contribution in [0.15, 0.2) is 43.0 Å². The molecule has 1 aromatic heterocycles. The number of nitrogens with two attached hydrogens (primary N) is 1. The molecule has 0 saturated carbocycles. The molecule has 2 bridgehead atoms. The van der Waals surface area contributed by atoms with Crippen LogP contribution in [0.3, 0.4) is 0 Å². The number of para-hydroxylation sites is 1. The number of ether oxygens (including phenoxy) is 1. The number of benzene rings is 1. The fraction of sp³-hybridized carbons (Fsp3) is 0.476. The van der Waals surface area contributed by atoms with Crippen molar-refractivity contribution in [2.45, 2.75) is 31.1 Å². The highest BCUT2D eigenvalue weighted by atomic mass is 16.5. The van der Waals surface area contributed by atoms with Gasteiger partial charge in [-0.15, -0.1) is 0 Å². The van der Waals surface area contributed by atoms with Crippen molar-refractivity contribution in [2.24, 2.45) is 17.6 Å². The Bertz CT molecular complexity index is 930. The summed E-state index contributed by atoms with van der Waals surface area (Å²) in [6.45, 7) is 1.87. The van der Waals surface area contributed by atoms with Gasteiger partial charge in [-0.25, -0.2) is 4.98 Å². The second-order valence-electron chi connectivity index (χ2n) is 8.13. The van der Waals surface area contributed by atoms with Gasteiger partial charge in [0.2, 0.25) is 11.8 Å². The van der Waals surface area contributed by atoms with Crippen LogP contribution in [-0.2, 0) is 20.9 Å². The largest absolute Gasteiger partial charge is 0.368 e. The third-order valence-electron chi connectivity index (χ3n) is 6.53. The van der Waals surface area contributed by atoms with Crippen molar-refractivity contribution in [3.8, 4) is 5.69 Å². The van der Waals surface area contributed by atoms with E-state index in [0.29, 0.717) is 26.2 Å². The van der Waals surface area contributed by atoms with Gasteiger partial charge in [0.15, 0.2) is 0 Å². The van der Waals surface area contributed by atoms with Crippen molar-refractivity contribution in [1.29, 1.82) is 0 Å². The van der Waals surface area contributed by atoms with E-state index in [1.165, 1.54) is 0 Å². The number of hydrogen-bond acceptors (Lipinski definition) is 5. The van der Waals surface area contributed by atoms with Gasteiger partial charge in [0.05, 0.1) is 42.1 Å². The number of amides is 2. The van der Waals surface area contributed by atoms with Crippen molar-refractivity contribution < 1.29 is 14.3 Å². The molecular weight excluding hydrogens is 370 g/mol. The van der Waals surface area contributed by atoms with Crippen molar-refractivity contribution in [2.75, 3.05) is 19.6 Å². The SMILES string of the molecule is NCCN1C[C@]23CC[C@H](O2)[C@H](C(=O)NCc2ccccc2-n2ccnc2)[C@@H]3C1=O. The van der Waals surface area contributed by atoms with Crippen LogP contribution in [-0.4, -0.2) is 57.6 Å². The van der Waals surface area contributed by atoms with Crippen molar-refractivity contribution in [1.82, 2.24) is 19.8 Å². The first kappa shape index (κ1) is 18.3. The second-order valence-corrected chi connectivity index (χ2v) is 8.13. The first-order chi connectivity index (χ1) is 14.1. The molecule has 5 rings (SSSR count). The maximum Gasteiger partial charge on any atom is 0.229 e. The molecule has 1 spiro atoms. The number of fused-ring (bicyclic) bond motifs is 1. The Kier molecular flexibility index (Phi) is 4.40. The number of nitrogens with one attached hydrogen (secondary N) is 1. The Balaban J connectivity index is 1.33. The zero-order valence-electron chi connectivity index (χ0n) is 16.2. The zero-order valence-corrected chi connectivity index (χ0v) is 16.2. The van der Waals surface area contributed by atoms with E-state index in [1.54, 1.807) is 17.4 Å². The zero-order chi connectivity index (χ0) is 20.0. The molecule has 1 aromatic carbocycles. The lowest BCUT2D eigenvalue weighted by atomic mass is 9.73. The highest BCUT2D eigenvalue weighted by molar-refractivity contribution is 5.92. The van der Waals surface area contributed by atoms with Crippen LogP contribution in [0, 0.1) is 11.8 Å². The van der Waals surface area contributed by atoms with E-state index in [2.05, 4.69) is 10.3 Å². The van der Waals surface area contributed by atoms with E-state index in [-0.39, 0.29) is 17.9 Å². The fourth-order valence-electron chi connectivity index (χ4n) is 5.30. The summed E-state index contributed by atoms with van der Waals surface area (Å²) in [5, 5.41) is 3.06. The lowest BCUT2D eigenvalue weighted by Gasteiger charge is -2.27. The molecule has 4 heterocycles. The van der Waals surface area contributed by atoms with Gasteiger partial charge < -0.3 is 25.3 Å². The average Bonchev–Trinajstić information content (AvgIpc) is 3.49. The minimum absolute atomic E-state index is 0.0108. The standard InChI is InChI=1S/C21H25N5O3/c22-7-9-25-12-21-6-5-16(29-21)17(18(21)20(25)28)19(27)24-11-14-3-1-2-4-15(14)26-10-8-23-13-26/h1-4,8,10,13,16-18H,5-7,9,11-12,22H2,(H,24,27)/t16-,17-,18+,21-/m0/s1. The molecule has 0 unspecified atom stereocenters. The minimum Gasteiger partial charge on any atom is -0.368 e. The molecule has 3 N–H and O–H groups in total. The third kappa shape index (κ3) is 2.86. The molecule has 3 fully saturated rings. The number of carbonyl (C=O) groups is 2. The molecule has 152 valence electrons. The minimum atomic E-state index is -0.506. The van der Waals surface area contributed by atoms with Crippen molar-refractivity contribution in [3.05, 3.63) is 48.5 Å². The summed E-state index contributed by atoms with van der Waals surface area (Å²) >= 11 is 0. The summed E-state index contributed by atoms with van der Waals surface area (Å²) in [5.41, 5.74) is 7.11. The fourth-order valence-corrected chi connectivity index (χ4v) is 5.30. The van der Waals surface area contributed by atoms with E-state index in [9.17, 15) is 9.59 Å². The maximum atomic E-state index is 13.2. The second kappa shape index (κ2) is 6.96. The van der Waals surface area contributed by atoms with Crippen LogP contribution in [0.2, 0.25) is 0 Å². The van der Waals surface area contributed by atoms with Gasteiger partial charge in [0.1, 0.15) is 0 Å². The van der Waals surface area contributed by atoms with Crippen LogP contribution in [0.5, 0.6) is 0 Å². The molecule has 3 aliphatic rings. The summed E-state index contributed by atoms with van der Waals surface area (Å²) < 4.78 is 8.14. The van der Waals surface area contributed by atoms with Gasteiger partial charge in [-0.2, -0.15) is 0 Å². The molecule has 2 aromatic rings. The highest BCUT2D eigenvalue weighted by Crippen LogP contribution is 2.55. The maximum absolute atomic E-state index is 13.2. The Morgan fingerprint density at radius 3 is 3.03 bits per heavy atom. The average molecular weight is 395 g/mol. The quantitative estimate of drug-likeness (QED) is 0.740. The molecule has 8 heteroatoms. The Morgan fingerprint density at radius 2 is 2.24 bits per heavy atom. The predicted molar refractivity (Wildman–Crippen MR) is 105 cm³/mol. The smallest absolute Gasteiger partial charge is 0.229 e. The van der Waals surface area contributed by atoms with E-state index < -0.39 is 17.4 Å². The third-order valence-corrected chi connectivity index (χ3v) is 6.53. The Hall–Kier alpha value is -2.71. The molecular formula is C21H25N5O3. The normalized spacial score (nSPS) is 30.0. The number of likely N-dealkylation sites (tertiary alicyclic amines) is 1. The van der Waals surface area contributed by atoms with Crippen LogP contribution >= 0.6 is 0 Å². The number of hydrogen-bond donors (Lipinski definition) is 2. The van der Waals surface area contributed by atoms with Gasteiger partial charge in [-0.1, -0.05) is 18.2 Å². The molecule has 3 saturated heterocycles. The first-order valence-electron chi connectivity index (χ1n) is 10.1. The van der Waals surface area contributed by atoms with E-state index in [4.69, 9.17) is 10.5 Å². The summed E-state index contributed by atoms with van der Waals surface area (Å²) in [6, 6.07) is 7.88. The van der Waals surface area contributed by atoms with Crippen molar-refractivity contribution >= 4 is 11.8 Å². The number of aromatic nitrogens is 2. The lowest BCUT2D eigenvalue weighted by Crippen LogP contribution is -2.45. The summed E-state index contributed by atoms with van der Waals surface area (Å²) in [5.74, 6) is -0.919. The molecule has 3 aliphatic heterocycles. The highest BCUT2D eigenvalue weighted by Gasteiger charge is 2.68. The number of nitrogens with zero attached hydrogens (tertiary/aromatic N) is 3. The van der Waals surface area contributed by atoms with Crippen LogP contribution in [0.4, 0.5) is 0 Å². The molecule has 8 nitrogen and oxygen atoms in total. The molecule has 4 atom stereocenters. The predicted octanol–water partition coefficient (Wildman–Crippen LogP) is 0.453. The van der Waals surface area contributed by atoms with Gasteiger partial charge >= 0.3 is 0 Å². The molecule has 29 heavy (non-hydrogen) atoms. The van der Waals surface area contributed by atoms with Crippen LogP contribution in [0.1, 0.15) is 18.4 Å². The summed E-state index contributed by atoms with van der Waals surface area (Å²) in [7, 11) is 0. The lowest BCUT2D eigenvalue weighted by molar-refractivity contribution is -0.138. The summed E-state index contributed by atoms with van der Waals surface area (Å²) in [4.78, 5) is 32.0. The van der Waals surface area contributed by atoms with E-state index >= 15 is 0 Å². The Labute approximate surface area is 169 Å². The van der Waals surface area contributed by atoms with Gasteiger partial charge in [0, 0.05) is 32.0 Å². The Morgan fingerprint density at radius 1 is 1.38 bits per heavy atom. The van der Waals surface area contributed by atoms with Gasteiger partial charge in [-0.3, -0.25) is 9.59 Å². The van der Waals surface area contributed by atoms with Crippen molar-refractivity contribution in [3.63, 3.8) is 0 Å². The molecule has 0 aliphatic carbocycles. The van der Waals surface area contributed by atoms with Gasteiger partial charge in [-0.05, 0) is 24.5 Å². The first-order valence-corrected chi connectivity index (χ1v) is 10.1.